The summed E-state index contributed by atoms with van der Waals surface area (Å²) in [6.07, 6.45) is 5.58. The molecule has 1 fully saturated rings. The highest BCUT2D eigenvalue weighted by molar-refractivity contribution is 6.30. The van der Waals surface area contributed by atoms with Crippen LogP contribution in [0.4, 0.5) is 11.5 Å². The highest BCUT2D eigenvalue weighted by Crippen LogP contribution is 2.24. The monoisotopic (exact) mass is 453 g/mol. The zero-order valence-corrected chi connectivity index (χ0v) is 18.2. The molecule has 0 spiro atoms. The van der Waals surface area contributed by atoms with Gasteiger partial charge in [-0.1, -0.05) is 11.6 Å². The van der Waals surface area contributed by atoms with E-state index in [9.17, 15) is 9.59 Å². The molecule has 0 aliphatic carbocycles. The van der Waals surface area contributed by atoms with Gasteiger partial charge in [-0.25, -0.2) is 9.97 Å². The Labute approximate surface area is 190 Å². The molecule has 166 valence electrons. The fourth-order valence-electron chi connectivity index (χ4n) is 3.68. The van der Waals surface area contributed by atoms with Crippen LogP contribution in [0.2, 0.25) is 5.02 Å². The van der Waals surface area contributed by atoms with Gasteiger partial charge in [0.25, 0.3) is 0 Å². The maximum Gasteiger partial charge on any atom is 0.224 e. The van der Waals surface area contributed by atoms with E-state index in [-0.39, 0.29) is 24.2 Å². The summed E-state index contributed by atoms with van der Waals surface area (Å²) in [5, 5.41) is 3.49. The molecule has 4 rings (SSSR count). The van der Waals surface area contributed by atoms with E-state index in [1.54, 1.807) is 30.6 Å². The molecule has 1 unspecified atom stereocenters. The van der Waals surface area contributed by atoms with Gasteiger partial charge < -0.3 is 20.4 Å². The average molecular weight is 454 g/mol. The van der Waals surface area contributed by atoms with Crippen molar-refractivity contribution in [2.75, 3.05) is 23.3 Å². The molecule has 2 aromatic heterocycles. The minimum Gasteiger partial charge on any atom is -0.441 e. The Morgan fingerprint density at radius 3 is 2.69 bits per heavy atom. The first-order valence-corrected chi connectivity index (χ1v) is 10.9. The second kappa shape index (κ2) is 9.82. The zero-order chi connectivity index (χ0) is 22.5. The van der Waals surface area contributed by atoms with Gasteiger partial charge in [0, 0.05) is 36.5 Å². The van der Waals surface area contributed by atoms with Gasteiger partial charge in [0.15, 0.2) is 11.7 Å². The largest absolute Gasteiger partial charge is 0.441 e. The molecular weight excluding hydrogens is 430 g/mol. The number of nitrogens with zero attached hydrogens (tertiary/aromatic N) is 3. The summed E-state index contributed by atoms with van der Waals surface area (Å²) in [4.78, 5) is 34.5. The zero-order valence-electron chi connectivity index (χ0n) is 17.5. The third-order valence-electron chi connectivity index (χ3n) is 5.43. The number of hydrogen-bond donors (Lipinski definition) is 2. The number of benzene rings is 1. The number of amides is 2. The number of halogens is 1. The van der Waals surface area contributed by atoms with E-state index in [1.165, 1.54) is 0 Å². The molecule has 32 heavy (non-hydrogen) atoms. The highest BCUT2D eigenvalue weighted by atomic mass is 35.5. The molecule has 9 heteroatoms. The number of carbonyl (C=O) groups excluding carboxylic acids is 2. The van der Waals surface area contributed by atoms with Crippen molar-refractivity contribution in [2.24, 2.45) is 11.7 Å². The number of anilines is 2. The summed E-state index contributed by atoms with van der Waals surface area (Å²) in [7, 11) is 0. The number of aromatic nitrogens is 2. The molecule has 1 saturated heterocycles. The van der Waals surface area contributed by atoms with E-state index in [4.69, 9.17) is 21.8 Å². The van der Waals surface area contributed by atoms with Gasteiger partial charge in [0.05, 0.1) is 24.0 Å². The van der Waals surface area contributed by atoms with E-state index in [2.05, 4.69) is 15.3 Å². The summed E-state index contributed by atoms with van der Waals surface area (Å²) in [6, 6.07) is 10.9. The Hall–Kier alpha value is -3.39. The molecule has 0 saturated carbocycles. The molecule has 0 bridgehead atoms. The summed E-state index contributed by atoms with van der Waals surface area (Å²) in [6.45, 7) is 1.40. The Balaban J connectivity index is 1.28. The van der Waals surface area contributed by atoms with Crippen molar-refractivity contribution in [1.82, 2.24) is 9.97 Å². The summed E-state index contributed by atoms with van der Waals surface area (Å²) in [5.41, 5.74) is 6.93. The van der Waals surface area contributed by atoms with Crippen LogP contribution in [0.1, 0.15) is 25.2 Å². The molecule has 8 nitrogen and oxygen atoms in total. The fourth-order valence-corrected chi connectivity index (χ4v) is 3.81. The van der Waals surface area contributed by atoms with Crippen LogP contribution in [0.15, 0.2) is 53.2 Å². The number of nitrogens with one attached hydrogen (secondary N) is 1. The first kappa shape index (κ1) is 21.8. The summed E-state index contributed by atoms with van der Waals surface area (Å²) in [5.74, 6) is 1.31. The molecule has 3 N–H and O–H groups in total. The number of rotatable bonds is 7. The van der Waals surface area contributed by atoms with Crippen LogP contribution in [-0.2, 0) is 16.0 Å². The van der Waals surface area contributed by atoms with Gasteiger partial charge in [-0.2, -0.15) is 0 Å². The molecule has 1 aromatic carbocycles. The number of carbonyl (C=O) groups is 2. The van der Waals surface area contributed by atoms with Crippen LogP contribution in [0.25, 0.3) is 11.3 Å². The molecule has 3 aromatic rings. The van der Waals surface area contributed by atoms with E-state index >= 15 is 0 Å². The number of aryl methyl sites for hydroxylation is 1. The van der Waals surface area contributed by atoms with Gasteiger partial charge in [-0.3, -0.25) is 9.59 Å². The van der Waals surface area contributed by atoms with E-state index in [0.717, 1.165) is 30.8 Å². The Morgan fingerprint density at radius 1 is 1.16 bits per heavy atom. The lowest BCUT2D eigenvalue weighted by atomic mass is 9.97. The van der Waals surface area contributed by atoms with Gasteiger partial charge in [0.2, 0.25) is 11.8 Å². The normalized spacial score (nSPS) is 16.0. The minimum atomic E-state index is -0.273. The van der Waals surface area contributed by atoms with E-state index in [0.29, 0.717) is 35.3 Å². The number of oxazole rings is 1. The van der Waals surface area contributed by atoms with Crippen molar-refractivity contribution in [3.8, 4) is 11.3 Å². The maximum atomic E-state index is 12.3. The SMILES string of the molecule is NC(=O)C1CCCN(c2ccc(NC(=O)CCc3ncc(-c4ccc(Cl)cc4)o3)cn2)C1. The van der Waals surface area contributed by atoms with Gasteiger partial charge >= 0.3 is 0 Å². The fraction of sp³-hybridized carbons (Fsp3) is 0.304. The van der Waals surface area contributed by atoms with Crippen molar-refractivity contribution in [1.29, 1.82) is 0 Å². The molecule has 1 aliphatic rings. The summed E-state index contributed by atoms with van der Waals surface area (Å²) < 4.78 is 5.73. The predicted octanol–water partition coefficient (Wildman–Crippen LogP) is 3.66. The van der Waals surface area contributed by atoms with E-state index in [1.807, 2.05) is 23.1 Å². The van der Waals surface area contributed by atoms with Gasteiger partial charge in [-0.05, 0) is 49.2 Å². The molecular formula is C23H24ClN5O3. The topological polar surface area (TPSA) is 114 Å². The molecule has 2 amide bonds. The van der Waals surface area contributed by atoms with Crippen LogP contribution < -0.4 is 16.0 Å². The lowest BCUT2D eigenvalue weighted by Crippen LogP contribution is -2.41. The Morgan fingerprint density at radius 2 is 1.97 bits per heavy atom. The van der Waals surface area contributed by atoms with Crippen LogP contribution in [-0.4, -0.2) is 34.9 Å². The number of primary amides is 1. The molecule has 1 aliphatic heterocycles. The third-order valence-corrected chi connectivity index (χ3v) is 5.68. The van der Waals surface area contributed by atoms with Crippen LogP contribution in [0.5, 0.6) is 0 Å². The predicted molar refractivity (Wildman–Crippen MR) is 122 cm³/mol. The van der Waals surface area contributed by atoms with Crippen LogP contribution in [0, 0.1) is 5.92 Å². The van der Waals surface area contributed by atoms with Crippen LogP contribution in [0.3, 0.4) is 0 Å². The number of hydrogen-bond acceptors (Lipinski definition) is 6. The second-order valence-electron chi connectivity index (χ2n) is 7.77. The van der Waals surface area contributed by atoms with Crippen molar-refractivity contribution in [3.05, 3.63) is 59.7 Å². The van der Waals surface area contributed by atoms with Crippen molar-refractivity contribution in [2.45, 2.75) is 25.7 Å². The minimum absolute atomic E-state index is 0.152. The lowest BCUT2D eigenvalue weighted by molar-refractivity contribution is -0.122. The lowest BCUT2D eigenvalue weighted by Gasteiger charge is -2.32. The quantitative estimate of drug-likeness (QED) is 0.564. The smallest absolute Gasteiger partial charge is 0.224 e. The van der Waals surface area contributed by atoms with Gasteiger partial charge in [-0.15, -0.1) is 0 Å². The third kappa shape index (κ3) is 5.45. The van der Waals surface area contributed by atoms with Crippen molar-refractivity contribution < 1.29 is 14.0 Å². The second-order valence-corrected chi connectivity index (χ2v) is 8.20. The van der Waals surface area contributed by atoms with Gasteiger partial charge in [0.1, 0.15) is 5.82 Å². The highest BCUT2D eigenvalue weighted by Gasteiger charge is 2.24. The first-order valence-electron chi connectivity index (χ1n) is 10.5. The average Bonchev–Trinajstić information content (AvgIpc) is 3.28. The van der Waals surface area contributed by atoms with E-state index < -0.39 is 0 Å². The molecule has 3 heterocycles. The summed E-state index contributed by atoms with van der Waals surface area (Å²) >= 11 is 5.91. The van der Waals surface area contributed by atoms with Crippen molar-refractivity contribution >= 4 is 34.9 Å². The van der Waals surface area contributed by atoms with Crippen molar-refractivity contribution in [3.63, 3.8) is 0 Å². The van der Waals surface area contributed by atoms with Crippen LogP contribution >= 0.6 is 11.6 Å². The number of nitrogens with two attached hydrogens (primary N) is 1. The standard InChI is InChI=1S/C23H24ClN5O3/c24-17-5-3-15(4-6-17)19-13-27-22(32-19)10-9-21(30)28-18-7-8-20(26-12-18)29-11-1-2-16(14-29)23(25)31/h3-8,12-13,16H,1-2,9-11,14H2,(H2,25,31)(H,28,30). The Bertz CT molecular complexity index is 1080. The maximum absolute atomic E-state index is 12.3. The number of piperidine rings is 1. The molecule has 1 atom stereocenters. The molecule has 0 radical (unpaired) electrons. The number of pyridine rings is 1. The first-order chi connectivity index (χ1) is 15.5. The Kier molecular flexibility index (Phi) is 6.70.